The average molecular weight is 351 g/mol. The molecular weight excluding hydrogens is 330 g/mol. The van der Waals surface area contributed by atoms with Crippen LogP contribution in [0.2, 0.25) is 0 Å². The average Bonchev–Trinajstić information content (AvgIpc) is 2.78. The van der Waals surface area contributed by atoms with Crippen molar-refractivity contribution in [1.82, 2.24) is 4.98 Å². The normalized spacial score (nSPS) is 18.8. The molecule has 1 aromatic carbocycles. The molecule has 0 atom stereocenters. The van der Waals surface area contributed by atoms with Crippen molar-refractivity contribution >= 4 is 34.6 Å². The summed E-state index contributed by atoms with van der Waals surface area (Å²) in [6.45, 7) is 6.03. The molecule has 5 heteroatoms. The van der Waals surface area contributed by atoms with Gasteiger partial charge in [-0.05, 0) is 76.0 Å². The third kappa shape index (κ3) is 2.29. The van der Waals surface area contributed by atoms with Gasteiger partial charge in [0, 0.05) is 11.4 Å². The van der Waals surface area contributed by atoms with Crippen LogP contribution in [0.25, 0.3) is 0 Å². The first-order valence-corrected chi connectivity index (χ1v) is 9.03. The van der Waals surface area contributed by atoms with E-state index in [9.17, 15) is 4.79 Å². The molecule has 2 fully saturated rings. The van der Waals surface area contributed by atoms with E-state index in [0.717, 1.165) is 41.9 Å². The van der Waals surface area contributed by atoms with Crippen LogP contribution >= 0.6 is 12.2 Å². The number of nitrogens with zero attached hydrogens (tertiary/aromatic N) is 3. The molecule has 0 N–H and O–H groups in total. The van der Waals surface area contributed by atoms with E-state index in [4.69, 9.17) is 12.2 Å². The minimum Gasteiger partial charge on any atom is -0.303 e. The lowest BCUT2D eigenvalue weighted by Gasteiger charge is -2.43. The summed E-state index contributed by atoms with van der Waals surface area (Å²) in [4.78, 5) is 21.5. The number of rotatable bonds is 2. The van der Waals surface area contributed by atoms with E-state index < -0.39 is 5.54 Å². The topological polar surface area (TPSA) is 36.4 Å². The zero-order chi connectivity index (χ0) is 17.8. The molecule has 2 aromatic rings. The first-order chi connectivity index (χ1) is 11.9. The molecule has 1 saturated heterocycles. The van der Waals surface area contributed by atoms with Crippen molar-refractivity contribution in [3.8, 4) is 0 Å². The molecule has 25 heavy (non-hydrogen) atoms. The molecule has 0 unspecified atom stereocenters. The zero-order valence-electron chi connectivity index (χ0n) is 14.7. The Hall–Kier alpha value is -2.27. The van der Waals surface area contributed by atoms with Crippen molar-refractivity contribution in [2.75, 3.05) is 9.80 Å². The van der Waals surface area contributed by atoms with Crippen LogP contribution in [0.5, 0.6) is 0 Å². The molecule has 2 aliphatic rings. The molecule has 1 aliphatic heterocycles. The maximum atomic E-state index is 13.3. The first kappa shape index (κ1) is 16.2. The number of aryl methyl sites for hydroxylation is 3. The third-order valence-electron chi connectivity index (χ3n) is 5.47. The van der Waals surface area contributed by atoms with Crippen molar-refractivity contribution in [1.29, 1.82) is 0 Å². The molecule has 0 bridgehead atoms. The van der Waals surface area contributed by atoms with Gasteiger partial charge in [0.15, 0.2) is 5.11 Å². The fraction of sp³-hybridized carbons (Fsp3) is 0.350. The smallest absolute Gasteiger partial charge is 0.259 e. The minimum absolute atomic E-state index is 0.0781. The Balaban J connectivity index is 1.80. The Kier molecular flexibility index (Phi) is 3.65. The highest BCUT2D eigenvalue weighted by molar-refractivity contribution is 7.81. The van der Waals surface area contributed by atoms with Crippen molar-refractivity contribution in [2.24, 2.45) is 0 Å². The van der Waals surface area contributed by atoms with Crippen LogP contribution in [-0.2, 0) is 4.79 Å². The van der Waals surface area contributed by atoms with Gasteiger partial charge in [0.2, 0.25) is 0 Å². The number of amides is 1. The number of hydrogen-bond acceptors (Lipinski definition) is 3. The fourth-order valence-corrected chi connectivity index (χ4v) is 4.12. The van der Waals surface area contributed by atoms with Crippen LogP contribution in [0, 0.1) is 20.8 Å². The van der Waals surface area contributed by atoms with Gasteiger partial charge in [0.25, 0.3) is 5.91 Å². The van der Waals surface area contributed by atoms with E-state index in [1.807, 2.05) is 19.9 Å². The van der Waals surface area contributed by atoms with Gasteiger partial charge in [-0.1, -0.05) is 17.7 Å². The summed E-state index contributed by atoms with van der Waals surface area (Å²) in [5.41, 5.74) is 4.45. The number of carbonyl (C=O) groups excluding carboxylic acids is 1. The predicted octanol–water partition coefficient (Wildman–Crippen LogP) is 4.07. The molecule has 1 saturated carbocycles. The van der Waals surface area contributed by atoms with Gasteiger partial charge in [0.05, 0.1) is 11.9 Å². The van der Waals surface area contributed by atoms with Gasteiger partial charge in [-0.3, -0.25) is 14.7 Å². The van der Waals surface area contributed by atoms with E-state index in [0.29, 0.717) is 5.11 Å². The number of carbonyl (C=O) groups is 1. The number of aromatic nitrogens is 1. The van der Waals surface area contributed by atoms with Crippen LogP contribution in [0.3, 0.4) is 0 Å². The van der Waals surface area contributed by atoms with Gasteiger partial charge < -0.3 is 4.90 Å². The molecule has 0 radical (unpaired) electrons. The monoisotopic (exact) mass is 351 g/mol. The standard InChI is InChI=1S/C20H21N3OS/c1-13-5-7-16(8-6-13)23-19(25)22(18(24)20(23)9-4-10-20)17-11-14(2)15(3)21-12-17/h5-8,11-12H,4,9-10H2,1-3H3. The molecule has 1 aliphatic carbocycles. The number of thiocarbonyl (C=S) groups is 1. The van der Waals surface area contributed by atoms with E-state index in [2.05, 4.69) is 41.1 Å². The second kappa shape index (κ2) is 5.63. The largest absolute Gasteiger partial charge is 0.303 e. The Morgan fingerprint density at radius 3 is 2.32 bits per heavy atom. The van der Waals surface area contributed by atoms with Crippen LogP contribution < -0.4 is 9.80 Å². The Bertz CT molecular complexity index is 871. The first-order valence-electron chi connectivity index (χ1n) is 8.63. The molecule has 1 spiro atoms. The van der Waals surface area contributed by atoms with Crippen LogP contribution in [0.1, 0.15) is 36.1 Å². The van der Waals surface area contributed by atoms with Crippen LogP contribution in [-0.4, -0.2) is 21.5 Å². The molecule has 4 rings (SSSR count). The number of pyridine rings is 1. The van der Waals surface area contributed by atoms with Crippen LogP contribution in [0.15, 0.2) is 36.5 Å². The molecule has 2 heterocycles. The summed E-state index contributed by atoms with van der Waals surface area (Å²) in [7, 11) is 0. The summed E-state index contributed by atoms with van der Waals surface area (Å²) >= 11 is 5.76. The Morgan fingerprint density at radius 1 is 1.08 bits per heavy atom. The third-order valence-corrected chi connectivity index (χ3v) is 5.83. The highest BCUT2D eigenvalue weighted by Crippen LogP contribution is 2.47. The summed E-state index contributed by atoms with van der Waals surface area (Å²) < 4.78 is 0. The predicted molar refractivity (Wildman–Crippen MR) is 104 cm³/mol. The van der Waals surface area contributed by atoms with Crippen molar-refractivity contribution in [3.63, 3.8) is 0 Å². The molecule has 1 amide bonds. The Morgan fingerprint density at radius 2 is 1.76 bits per heavy atom. The van der Waals surface area contributed by atoms with E-state index in [1.165, 1.54) is 5.56 Å². The molecule has 128 valence electrons. The van der Waals surface area contributed by atoms with Gasteiger partial charge in [-0.15, -0.1) is 0 Å². The van der Waals surface area contributed by atoms with Crippen molar-refractivity contribution in [2.45, 2.75) is 45.6 Å². The molecule has 1 aromatic heterocycles. The van der Waals surface area contributed by atoms with E-state index in [-0.39, 0.29) is 5.91 Å². The molecular formula is C20H21N3OS. The van der Waals surface area contributed by atoms with E-state index >= 15 is 0 Å². The highest BCUT2D eigenvalue weighted by atomic mass is 32.1. The highest BCUT2D eigenvalue weighted by Gasteiger charge is 2.59. The lowest BCUT2D eigenvalue weighted by Crippen LogP contribution is -2.55. The Labute approximate surface area is 153 Å². The van der Waals surface area contributed by atoms with Gasteiger partial charge >= 0.3 is 0 Å². The lowest BCUT2D eigenvalue weighted by molar-refractivity contribution is -0.123. The maximum absolute atomic E-state index is 13.3. The van der Waals surface area contributed by atoms with Crippen molar-refractivity contribution < 1.29 is 4.79 Å². The van der Waals surface area contributed by atoms with Crippen LogP contribution in [0.4, 0.5) is 11.4 Å². The number of benzene rings is 1. The SMILES string of the molecule is Cc1ccc(N2C(=S)N(c3cnc(C)c(C)c3)C(=O)C23CCC3)cc1. The maximum Gasteiger partial charge on any atom is 0.259 e. The van der Waals surface area contributed by atoms with E-state index in [1.54, 1.807) is 11.1 Å². The second-order valence-electron chi connectivity index (χ2n) is 7.08. The quantitative estimate of drug-likeness (QED) is 0.764. The fourth-order valence-electron chi connectivity index (χ4n) is 3.65. The lowest BCUT2D eigenvalue weighted by atomic mass is 9.75. The van der Waals surface area contributed by atoms with Gasteiger partial charge in [0.1, 0.15) is 5.54 Å². The minimum atomic E-state index is -0.523. The van der Waals surface area contributed by atoms with Crippen molar-refractivity contribution in [3.05, 3.63) is 53.3 Å². The van der Waals surface area contributed by atoms with Gasteiger partial charge in [-0.25, -0.2) is 0 Å². The number of hydrogen-bond donors (Lipinski definition) is 0. The summed E-state index contributed by atoms with van der Waals surface area (Å²) in [6, 6.07) is 10.2. The summed E-state index contributed by atoms with van der Waals surface area (Å²) in [6.07, 6.45) is 4.48. The summed E-state index contributed by atoms with van der Waals surface area (Å²) in [5.74, 6) is 0.0781. The van der Waals surface area contributed by atoms with Gasteiger partial charge in [-0.2, -0.15) is 0 Å². The summed E-state index contributed by atoms with van der Waals surface area (Å²) in [5, 5.41) is 0.554. The second-order valence-corrected chi connectivity index (χ2v) is 7.44. The number of anilines is 2. The molecule has 4 nitrogen and oxygen atoms in total. The zero-order valence-corrected chi connectivity index (χ0v) is 15.6.